The summed E-state index contributed by atoms with van der Waals surface area (Å²) in [6.07, 6.45) is 0.288. The number of aliphatic carboxylic acids is 1. The zero-order chi connectivity index (χ0) is 24.6. The molecule has 34 heavy (non-hydrogen) atoms. The lowest BCUT2D eigenvalue weighted by molar-refractivity contribution is -0.139. The van der Waals surface area contributed by atoms with Crippen molar-refractivity contribution in [1.29, 1.82) is 0 Å². The summed E-state index contributed by atoms with van der Waals surface area (Å²) in [5, 5.41) is 9.52. The van der Waals surface area contributed by atoms with Crippen LogP contribution in [0.25, 0.3) is 6.08 Å². The predicted octanol–water partition coefficient (Wildman–Crippen LogP) is 7.56. The van der Waals surface area contributed by atoms with E-state index < -0.39 is 23.6 Å². The number of hydrogen-bond donors (Lipinski definition) is 1. The van der Waals surface area contributed by atoms with Gasteiger partial charge in [-0.1, -0.05) is 55.8 Å². The van der Waals surface area contributed by atoms with Gasteiger partial charge < -0.3 is 14.6 Å². The quantitative estimate of drug-likeness (QED) is 0.332. The summed E-state index contributed by atoms with van der Waals surface area (Å²) in [6, 6.07) is 18.9. The molecule has 0 spiro atoms. The Morgan fingerprint density at radius 3 is 2.35 bits per heavy atom. The SMILES string of the molecule is CCCC(C(=O)O)c1cccc(Oc2ccccc2OCC=Cc2ccc(C(F)(F)F)cc2)c1. The van der Waals surface area contributed by atoms with Gasteiger partial charge in [0.05, 0.1) is 11.5 Å². The summed E-state index contributed by atoms with van der Waals surface area (Å²) in [7, 11) is 0. The number of carbonyl (C=O) groups is 1. The first-order valence-corrected chi connectivity index (χ1v) is 10.8. The zero-order valence-electron chi connectivity index (χ0n) is 18.6. The number of hydrogen-bond acceptors (Lipinski definition) is 3. The second kappa shape index (κ2) is 11.4. The molecule has 3 aromatic rings. The van der Waals surface area contributed by atoms with Crippen LogP contribution in [0.5, 0.6) is 17.2 Å². The van der Waals surface area contributed by atoms with E-state index in [0.717, 1.165) is 18.6 Å². The summed E-state index contributed by atoms with van der Waals surface area (Å²) in [4.78, 5) is 11.6. The van der Waals surface area contributed by atoms with Gasteiger partial charge in [0, 0.05) is 0 Å². The minimum Gasteiger partial charge on any atom is -0.486 e. The molecule has 0 heterocycles. The Balaban J connectivity index is 1.66. The number of carboxylic acid groups (broad SMARTS) is 1. The van der Waals surface area contributed by atoms with E-state index in [9.17, 15) is 23.1 Å². The van der Waals surface area contributed by atoms with Gasteiger partial charge in [-0.15, -0.1) is 0 Å². The maximum Gasteiger partial charge on any atom is 0.416 e. The van der Waals surface area contributed by atoms with E-state index in [2.05, 4.69) is 0 Å². The maximum absolute atomic E-state index is 12.7. The number of carboxylic acids is 1. The second-order valence-electron chi connectivity index (χ2n) is 7.63. The van der Waals surface area contributed by atoms with E-state index in [1.807, 2.05) is 6.92 Å². The Kier molecular flexibility index (Phi) is 8.35. The van der Waals surface area contributed by atoms with Crippen molar-refractivity contribution in [3.63, 3.8) is 0 Å². The highest BCUT2D eigenvalue weighted by molar-refractivity contribution is 5.76. The molecule has 0 aliphatic heterocycles. The Morgan fingerprint density at radius 2 is 1.71 bits per heavy atom. The topological polar surface area (TPSA) is 55.8 Å². The molecule has 0 fully saturated rings. The van der Waals surface area contributed by atoms with Gasteiger partial charge in [-0.3, -0.25) is 4.79 Å². The van der Waals surface area contributed by atoms with Crippen molar-refractivity contribution < 1.29 is 32.5 Å². The normalized spacial score (nSPS) is 12.5. The Morgan fingerprint density at radius 1 is 1.00 bits per heavy atom. The second-order valence-corrected chi connectivity index (χ2v) is 7.63. The largest absolute Gasteiger partial charge is 0.486 e. The lowest BCUT2D eigenvalue weighted by atomic mass is 9.94. The summed E-state index contributed by atoms with van der Waals surface area (Å²) in [5.41, 5.74) is 0.600. The van der Waals surface area contributed by atoms with Crippen LogP contribution >= 0.6 is 0 Å². The van der Waals surface area contributed by atoms with Crippen LogP contribution < -0.4 is 9.47 Å². The molecule has 1 unspecified atom stereocenters. The molecule has 0 saturated carbocycles. The van der Waals surface area contributed by atoms with Gasteiger partial charge in [0.15, 0.2) is 11.5 Å². The minimum absolute atomic E-state index is 0.180. The molecule has 178 valence electrons. The fourth-order valence-electron chi connectivity index (χ4n) is 3.40. The Bertz CT molecular complexity index is 1120. The number of rotatable bonds is 10. The highest BCUT2D eigenvalue weighted by atomic mass is 19.4. The van der Waals surface area contributed by atoms with Gasteiger partial charge >= 0.3 is 12.1 Å². The van der Waals surface area contributed by atoms with E-state index in [1.54, 1.807) is 60.7 Å². The van der Waals surface area contributed by atoms with Crippen LogP contribution in [0.4, 0.5) is 13.2 Å². The van der Waals surface area contributed by atoms with Crippen molar-refractivity contribution in [3.8, 4) is 17.2 Å². The molecule has 0 aliphatic rings. The number of halogens is 3. The molecule has 1 N–H and O–H groups in total. The molecule has 3 rings (SSSR count). The number of benzene rings is 3. The average Bonchev–Trinajstić information content (AvgIpc) is 2.81. The lowest BCUT2D eigenvalue weighted by Gasteiger charge is -2.15. The third-order valence-corrected chi connectivity index (χ3v) is 5.10. The van der Waals surface area contributed by atoms with Crippen LogP contribution in [0.2, 0.25) is 0 Å². The van der Waals surface area contributed by atoms with E-state index in [-0.39, 0.29) is 6.61 Å². The van der Waals surface area contributed by atoms with E-state index in [1.165, 1.54) is 12.1 Å². The third-order valence-electron chi connectivity index (χ3n) is 5.10. The number of para-hydroxylation sites is 2. The van der Waals surface area contributed by atoms with Gasteiger partial charge in [0.2, 0.25) is 0 Å². The van der Waals surface area contributed by atoms with Crippen molar-refractivity contribution >= 4 is 12.0 Å². The molecule has 0 radical (unpaired) electrons. The van der Waals surface area contributed by atoms with Crippen molar-refractivity contribution in [2.24, 2.45) is 0 Å². The molecule has 0 bridgehead atoms. The van der Waals surface area contributed by atoms with Crippen molar-refractivity contribution in [3.05, 3.63) is 95.6 Å². The van der Waals surface area contributed by atoms with Crippen LogP contribution in [0.1, 0.15) is 42.4 Å². The summed E-state index contributed by atoms with van der Waals surface area (Å²) >= 11 is 0. The van der Waals surface area contributed by atoms with Gasteiger partial charge in [0.25, 0.3) is 0 Å². The first-order valence-electron chi connectivity index (χ1n) is 10.8. The minimum atomic E-state index is -4.36. The zero-order valence-corrected chi connectivity index (χ0v) is 18.6. The smallest absolute Gasteiger partial charge is 0.416 e. The molecule has 4 nitrogen and oxygen atoms in total. The van der Waals surface area contributed by atoms with E-state index in [0.29, 0.717) is 34.8 Å². The van der Waals surface area contributed by atoms with Gasteiger partial charge in [-0.2, -0.15) is 13.2 Å². The van der Waals surface area contributed by atoms with Crippen LogP contribution in [0.15, 0.2) is 78.9 Å². The summed E-state index contributed by atoms with van der Waals surface area (Å²) in [5.74, 6) is -0.0348. The van der Waals surface area contributed by atoms with Crippen LogP contribution in [0, 0.1) is 0 Å². The Labute approximate surface area is 196 Å². The van der Waals surface area contributed by atoms with Gasteiger partial charge in [-0.05, 0) is 60.0 Å². The van der Waals surface area contributed by atoms with Crippen molar-refractivity contribution in [1.82, 2.24) is 0 Å². The van der Waals surface area contributed by atoms with E-state index >= 15 is 0 Å². The molecule has 0 aliphatic carbocycles. The summed E-state index contributed by atoms with van der Waals surface area (Å²) < 4.78 is 49.7. The molecular weight excluding hydrogens is 445 g/mol. The molecule has 0 saturated heterocycles. The standard InChI is InChI=1S/C27H25F3O4/c1-2-7-23(26(31)32)20-9-5-10-22(18-20)34-25-12-4-3-11-24(25)33-17-6-8-19-13-15-21(16-14-19)27(28,29)30/h3-6,8-16,18,23H,2,7,17H2,1H3,(H,31,32). The predicted molar refractivity (Wildman–Crippen MR) is 124 cm³/mol. The van der Waals surface area contributed by atoms with Crippen LogP contribution in [-0.2, 0) is 11.0 Å². The van der Waals surface area contributed by atoms with Gasteiger partial charge in [-0.25, -0.2) is 0 Å². The first kappa shape index (κ1) is 24.9. The monoisotopic (exact) mass is 470 g/mol. The number of alkyl halides is 3. The molecular formula is C27H25F3O4. The van der Waals surface area contributed by atoms with E-state index in [4.69, 9.17) is 9.47 Å². The van der Waals surface area contributed by atoms with Crippen LogP contribution in [0.3, 0.4) is 0 Å². The highest BCUT2D eigenvalue weighted by Crippen LogP contribution is 2.33. The van der Waals surface area contributed by atoms with Gasteiger partial charge in [0.1, 0.15) is 12.4 Å². The summed E-state index contributed by atoms with van der Waals surface area (Å²) in [6.45, 7) is 2.12. The molecule has 0 aromatic heterocycles. The van der Waals surface area contributed by atoms with Crippen molar-refractivity contribution in [2.75, 3.05) is 6.61 Å². The Hall–Kier alpha value is -3.74. The third kappa shape index (κ3) is 6.88. The molecule has 0 amide bonds. The lowest BCUT2D eigenvalue weighted by Crippen LogP contribution is -2.11. The number of ether oxygens (including phenoxy) is 2. The fourth-order valence-corrected chi connectivity index (χ4v) is 3.40. The van der Waals surface area contributed by atoms with Crippen molar-refractivity contribution in [2.45, 2.75) is 31.9 Å². The van der Waals surface area contributed by atoms with Crippen LogP contribution in [-0.4, -0.2) is 17.7 Å². The fraction of sp³-hybridized carbons (Fsp3) is 0.222. The molecule has 3 aromatic carbocycles. The molecule has 7 heteroatoms. The average molecular weight is 470 g/mol. The highest BCUT2D eigenvalue weighted by Gasteiger charge is 2.29. The first-order chi connectivity index (χ1) is 16.3. The maximum atomic E-state index is 12.7. The molecule has 1 atom stereocenters.